The van der Waals surface area contributed by atoms with Crippen molar-refractivity contribution in [3.63, 3.8) is 0 Å². The monoisotopic (exact) mass is 424 g/mol. The molecule has 3 heterocycles. The third-order valence-electron chi connectivity index (χ3n) is 5.55. The van der Waals surface area contributed by atoms with Gasteiger partial charge >= 0.3 is 0 Å². The smallest absolute Gasteiger partial charge is 0.162 e. The van der Waals surface area contributed by atoms with Crippen LogP contribution in [0.4, 0.5) is 0 Å². The summed E-state index contributed by atoms with van der Waals surface area (Å²) in [5.41, 5.74) is 1.28. The molecule has 0 N–H and O–H groups in total. The van der Waals surface area contributed by atoms with Crippen LogP contribution in [-0.2, 0) is 11.3 Å². The average Bonchev–Trinajstić information content (AvgIpc) is 3.01. The summed E-state index contributed by atoms with van der Waals surface area (Å²) >= 11 is 3.73. The summed E-state index contributed by atoms with van der Waals surface area (Å²) in [6.07, 6.45) is 3.23. The van der Waals surface area contributed by atoms with Crippen molar-refractivity contribution in [3.05, 3.63) is 22.2 Å². The van der Waals surface area contributed by atoms with E-state index in [4.69, 9.17) is 14.2 Å². The molecule has 6 heteroatoms. The van der Waals surface area contributed by atoms with Gasteiger partial charge in [-0.05, 0) is 50.9 Å². The highest BCUT2D eigenvalue weighted by atomic mass is 79.9. The number of hydrogen-bond acceptors (Lipinski definition) is 5. The van der Waals surface area contributed by atoms with Gasteiger partial charge in [-0.15, -0.1) is 0 Å². The van der Waals surface area contributed by atoms with Crippen LogP contribution in [0.25, 0.3) is 0 Å². The molecule has 5 nitrogen and oxygen atoms in total. The molecule has 0 bridgehead atoms. The Labute approximate surface area is 164 Å². The first-order valence-corrected chi connectivity index (χ1v) is 10.6. The molecular formula is C20H29BrN2O3. The van der Waals surface area contributed by atoms with E-state index in [1.165, 1.54) is 24.9 Å². The van der Waals surface area contributed by atoms with Gasteiger partial charge in [0.05, 0.1) is 12.2 Å². The van der Waals surface area contributed by atoms with E-state index in [0.29, 0.717) is 31.5 Å². The SMILES string of the molecule is CC1CN(CC2CCCN2Cc2cc3c(cc2Br)OCCO3)CC(C)O1. The molecule has 3 aliphatic heterocycles. The number of nitrogens with zero attached hydrogens (tertiary/aromatic N) is 2. The van der Waals surface area contributed by atoms with Crippen molar-refractivity contribution in [1.29, 1.82) is 0 Å². The van der Waals surface area contributed by atoms with E-state index in [9.17, 15) is 0 Å². The highest BCUT2D eigenvalue weighted by molar-refractivity contribution is 9.10. The fraction of sp³-hybridized carbons (Fsp3) is 0.700. The van der Waals surface area contributed by atoms with Gasteiger partial charge in [0.25, 0.3) is 0 Å². The molecule has 0 radical (unpaired) electrons. The summed E-state index contributed by atoms with van der Waals surface area (Å²) < 4.78 is 18.4. The van der Waals surface area contributed by atoms with Crippen molar-refractivity contribution in [2.75, 3.05) is 39.4 Å². The van der Waals surface area contributed by atoms with Crippen LogP contribution in [0, 0.1) is 0 Å². The summed E-state index contributed by atoms with van der Waals surface area (Å²) in [7, 11) is 0. The number of rotatable bonds is 4. The maximum Gasteiger partial charge on any atom is 0.162 e. The zero-order chi connectivity index (χ0) is 18.1. The molecule has 1 aromatic carbocycles. The lowest BCUT2D eigenvalue weighted by molar-refractivity contribution is -0.0724. The quantitative estimate of drug-likeness (QED) is 0.740. The van der Waals surface area contributed by atoms with E-state index in [1.54, 1.807) is 0 Å². The Morgan fingerprint density at radius 1 is 1.08 bits per heavy atom. The predicted molar refractivity (Wildman–Crippen MR) is 105 cm³/mol. The largest absolute Gasteiger partial charge is 0.486 e. The topological polar surface area (TPSA) is 34.2 Å². The third-order valence-corrected chi connectivity index (χ3v) is 6.29. The number of hydrogen-bond donors (Lipinski definition) is 0. The number of likely N-dealkylation sites (tertiary alicyclic amines) is 1. The second-order valence-electron chi connectivity index (χ2n) is 7.83. The second kappa shape index (κ2) is 8.05. The summed E-state index contributed by atoms with van der Waals surface area (Å²) in [4.78, 5) is 5.21. The number of halogens is 1. The highest BCUT2D eigenvalue weighted by Gasteiger charge is 2.30. The van der Waals surface area contributed by atoms with Gasteiger partial charge in [0.2, 0.25) is 0 Å². The molecule has 0 spiro atoms. The number of benzene rings is 1. The molecule has 144 valence electrons. The van der Waals surface area contributed by atoms with Crippen LogP contribution in [0.1, 0.15) is 32.3 Å². The maximum atomic E-state index is 5.88. The van der Waals surface area contributed by atoms with Crippen LogP contribution in [-0.4, -0.2) is 67.4 Å². The molecule has 1 aromatic rings. The Balaban J connectivity index is 1.42. The van der Waals surface area contributed by atoms with Gasteiger partial charge in [0.15, 0.2) is 11.5 Å². The van der Waals surface area contributed by atoms with E-state index in [2.05, 4.69) is 51.7 Å². The normalized spacial score (nSPS) is 29.9. The van der Waals surface area contributed by atoms with Gasteiger partial charge in [-0.25, -0.2) is 0 Å². The number of morpholine rings is 1. The Kier molecular flexibility index (Phi) is 5.74. The lowest BCUT2D eigenvalue weighted by Crippen LogP contribution is -2.50. The highest BCUT2D eigenvalue weighted by Crippen LogP contribution is 2.36. The standard InChI is InChI=1S/C20H29BrN2O3/c1-14-10-22(11-15(2)26-14)13-17-4-3-5-23(17)12-16-8-19-20(9-18(16)21)25-7-6-24-19/h8-9,14-15,17H,3-7,10-13H2,1-2H3. The zero-order valence-corrected chi connectivity index (χ0v) is 17.3. The van der Waals surface area contributed by atoms with Gasteiger partial charge in [-0.2, -0.15) is 0 Å². The Morgan fingerprint density at radius 3 is 2.50 bits per heavy atom. The first-order valence-electron chi connectivity index (χ1n) is 9.78. The first kappa shape index (κ1) is 18.5. The van der Waals surface area contributed by atoms with Crippen LogP contribution >= 0.6 is 15.9 Å². The van der Waals surface area contributed by atoms with E-state index in [1.807, 2.05) is 0 Å². The lowest BCUT2D eigenvalue weighted by Gasteiger charge is -2.38. The van der Waals surface area contributed by atoms with Crippen molar-refractivity contribution in [2.24, 2.45) is 0 Å². The molecule has 0 aliphatic carbocycles. The molecule has 3 unspecified atom stereocenters. The summed E-state index contributed by atoms with van der Waals surface area (Å²) in [6.45, 7) is 11.0. The Morgan fingerprint density at radius 2 is 1.77 bits per heavy atom. The minimum atomic E-state index is 0.334. The number of ether oxygens (including phenoxy) is 3. The molecule has 2 fully saturated rings. The van der Waals surface area contributed by atoms with E-state index in [0.717, 1.165) is 42.2 Å². The first-order chi connectivity index (χ1) is 12.6. The fourth-order valence-corrected chi connectivity index (χ4v) is 4.94. The van der Waals surface area contributed by atoms with Crippen LogP contribution in [0.2, 0.25) is 0 Å². The predicted octanol–water partition coefficient (Wildman–Crippen LogP) is 3.29. The molecule has 4 rings (SSSR count). The fourth-order valence-electron chi connectivity index (χ4n) is 4.49. The van der Waals surface area contributed by atoms with Crippen LogP contribution < -0.4 is 9.47 Å². The minimum Gasteiger partial charge on any atom is -0.486 e. The van der Waals surface area contributed by atoms with Crippen LogP contribution in [0.3, 0.4) is 0 Å². The van der Waals surface area contributed by atoms with Crippen molar-refractivity contribution < 1.29 is 14.2 Å². The molecule has 2 saturated heterocycles. The molecule has 0 saturated carbocycles. The van der Waals surface area contributed by atoms with Gasteiger partial charge in [0, 0.05) is 36.7 Å². The minimum absolute atomic E-state index is 0.334. The lowest BCUT2D eigenvalue weighted by atomic mass is 10.1. The molecular weight excluding hydrogens is 396 g/mol. The van der Waals surface area contributed by atoms with Crippen molar-refractivity contribution in [1.82, 2.24) is 9.80 Å². The Bertz CT molecular complexity index is 632. The second-order valence-corrected chi connectivity index (χ2v) is 8.68. The summed E-state index contributed by atoms with van der Waals surface area (Å²) in [5.74, 6) is 1.72. The molecule has 3 aliphatic rings. The van der Waals surface area contributed by atoms with Crippen molar-refractivity contribution in [3.8, 4) is 11.5 Å². The van der Waals surface area contributed by atoms with Gasteiger partial charge < -0.3 is 14.2 Å². The van der Waals surface area contributed by atoms with Crippen molar-refractivity contribution in [2.45, 2.75) is 51.5 Å². The molecule has 3 atom stereocenters. The molecule has 0 amide bonds. The molecule has 26 heavy (non-hydrogen) atoms. The van der Waals surface area contributed by atoms with E-state index in [-0.39, 0.29) is 0 Å². The Hall–Kier alpha value is -0.820. The number of fused-ring (bicyclic) bond motifs is 1. The van der Waals surface area contributed by atoms with Crippen LogP contribution in [0.15, 0.2) is 16.6 Å². The third kappa shape index (κ3) is 4.19. The zero-order valence-electron chi connectivity index (χ0n) is 15.7. The summed E-state index contributed by atoms with van der Waals surface area (Å²) in [5, 5.41) is 0. The van der Waals surface area contributed by atoms with Gasteiger partial charge in [-0.1, -0.05) is 15.9 Å². The van der Waals surface area contributed by atoms with Gasteiger partial charge in [-0.3, -0.25) is 9.80 Å². The van der Waals surface area contributed by atoms with E-state index < -0.39 is 0 Å². The van der Waals surface area contributed by atoms with Gasteiger partial charge in [0.1, 0.15) is 13.2 Å². The van der Waals surface area contributed by atoms with Crippen LogP contribution in [0.5, 0.6) is 11.5 Å². The van der Waals surface area contributed by atoms with E-state index >= 15 is 0 Å². The van der Waals surface area contributed by atoms with Crippen molar-refractivity contribution >= 4 is 15.9 Å². The average molecular weight is 425 g/mol. The molecule has 0 aromatic heterocycles. The maximum absolute atomic E-state index is 5.88. The summed E-state index contributed by atoms with van der Waals surface area (Å²) in [6, 6.07) is 4.82.